The van der Waals surface area contributed by atoms with Gasteiger partial charge in [-0.05, 0) is 64.7 Å². The quantitative estimate of drug-likeness (QED) is 0.216. The van der Waals surface area contributed by atoms with Crippen LogP contribution in [0.1, 0.15) is 44.9 Å². The molecule has 0 aliphatic carbocycles. The van der Waals surface area contributed by atoms with Crippen molar-refractivity contribution in [2.75, 3.05) is 19.5 Å². The van der Waals surface area contributed by atoms with Gasteiger partial charge in [0.05, 0.1) is 14.2 Å². The first kappa shape index (κ1) is 27.1. The summed E-state index contributed by atoms with van der Waals surface area (Å²) in [4.78, 5) is 4.51. The molecule has 1 N–H and O–H groups in total. The lowest BCUT2D eigenvalue weighted by Gasteiger charge is -2.24. The summed E-state index contributed by atoms with van der Waals surface area (Å²) in [6.45, 7) is 8.72. The third-order valence-electron chi connectivity index (χ3n) is 7.14. The molecular weight excluding hydrogens is 496 g/mol. The van der Waals surface area contributed by atoms with Gasteiger partial charge in [0, 0.05) is 29.3 Å². The van der Waals surface area contributed by atoms with Crippen LogP contribution in [0, 0.1) is 0 Å². The summed E-state index contributed by atoms with van der Waals surface area (Å²) in [5.74, 6) is 3.67. The predicted octanol–water partition coefficient (Wildman–Crippen LogP) is 9.18. The number of aromatic nitrogens is 1. The lowest BCUT2D eigenvalue weighted by molar-refractivity contribution is 0.355. The van der Waals surface area contributed by atoms with Crippen molar-refractivity contribution in [2.24, 2.45) is 0 Å². The summed E-state index contributed by atoms with van der Waals surface area (Å²) in [5, 5.41) is 5.55. The fourth-order valence-electron chi connectivity index (χ4n) is 4.92. The summed E-state index contributed by atoms with van der Waals surface area (Å²) in [6.07, 6.45) is 1.76. The lowest BCUT2D eigenvalue weighted by atomic mass is 9.84. The van der Waals surface area contributed by atoms with Gasteiger partial charge >= 0.3 is 0 Å². The van der Waals surface area contributed by atoms with Crippen molar-refractivity contribution in [2.45, 2.75) is 39.2 Å². The van der Waals surface area contributed by atoms with Crippen LogP contribution < -0.4 is 19.5 Å². The normalized spacial score (nSPS) is 12.2. The first-order valence-electron chi connectivity index (χ1n) is 13.5. The molecule has 5 aromatic rings. The molecule has 0 aliphatic rings. The number of anilines is 1. The van der Waals surface area contributed by atoms with E-state index in [0.717, 1.165) is 39.2 Å². The van der Waals surface area contributed by atoms with Gasteiger partial charge in [0.1, 0.15) is 17.3 Å². The summed E-state index contributed by atoms with van der Waals surface area (Å²) in [7, 11) is 3.37. The Labute approximate surface area is 236 Å². The van der Waals surface area contributed by atoms with E-state index >= 15 is 0 Å². The average molecular weight is 533 g/mol. The van der Waals surface area contributed by atoms with Crippen LogP contribution in [0.5, 0.6) is 23.0 Å². The van der Waals surface area contributed by atoms with Gasteiger partial charge in [0.2, 0.25) is 0 Å². The molecular formula is C35H36N2O3. The minimum Gasteiger partial charge on any atom is -0.493 e. The largest absolute Gasteiger partial charge is 0.493 e. The maximum absolute atomic E-state index is 6.45. The molecule has 4 aromatic carbocycles. The minimum atomic E-state index is -0.0573. The standard InChI is InChI=1S/C35H36N2O3/c1-23(24-12-8-7-9-13-24)37-33-22-26(18-19-36-33)40-31-17-16-28(27-14-10-11-15-29(27)31)30-20-25(35(2,3)4)21-32(38-5)34(30)39-6/h7-23H,1-6H3,(H,36,37). The Bertz CT molecular complexity index is 1620. The maximum Gasteiger partial charge on any atom is 0.168 e. The highest BCUT2D eigenvalue weighted by Gasteiger charge is 2.22. The fraction of sp³-hybridized carbons (Fsp3) is 0.229. The second-order valence-corrected chi connectivity index (χ2v) is 10.9. The molecule has 5 rings (SSSR count). The molecule has 1 atom stereocenters. The topological polar surface area (TPSA) is 52.6 Å². The fourth-order valence-corrected chi connectivity index (χ4v) is 4.92. The van der Waals surface area contributed by atoms with E-state index in [1.165, 1.54) is 11.1 Å². The number of hydrogen-bond donors (Lipinski definition) is 1. The van der Waals surface area contributed by atoms with E-state index in [9.17, 15) is 0 Å². The Morgan fingerprint density at radius 3 is 2.15 bits per heavy atom. The number of fused-ring (bicyclic) bond motifs is 1. The van der Waals surface area contributed by atoms with Crippen LogP contribution in [-0.4, -0.2) is 19.2 Å². The first-order chi connectivity index (χ1) is 19.3. The average Bonchev–Trinajstić information content (AvgIpc) is 2.96. The SMILES string of the molecule is COc1cc(C(C)(C)C)cc(-c2ccc(Oc3ccnc(NC(C)c4ccccc4)c3)c3ccccc23)c1OC. The van der Waals surface area contributed by atoms with Crippen molar-refractivity contribution in [3.63, 3.8) is 0 Å². The van der Waals surface area contributed by atoms with E-state index < -0.39 is 0 Å². The van der Waals surface area contributed by atoms with Gasteiger partial charge in [0.15, 0.2) is 11.5 Å². The third kappa shape index (κ3) is 5.59. The van der Waals surface area contributed by atoms with Crippen molar-refractivity contribution in [3.8, 4) is 34.1 Å². The molecule has 0 radical (unpaired) electrons. The van der Waals surface area contributed by atoms with Crippen molar-refractivity contribution in [1.29, 1.82) is 0 Å². The Hall–Kier alpha value is -4.51. The number of benzene rings is 4. The van der Waals surface area contributed by atoms with Crippen LogP contribution >= 0.6 is 0 Å². The highest BCUT2D eigenvalue weighted by Crippen LogP contribution is 2.45. The Morgan fingerprint density at radius 2 is 1.45 bits per heavy atom. The molecule has 0 bridgehead atoms. The summed E-state index contributed by atoms with van der Waals surface area (Å²) < 4.78 is 18.1. The second kappa shape index (κ2) is 11.3. The van der Waals surface area contributed by atoms with Crippen LogP contribution in [0.4, 0.5) is 5.82 Å². The predicted molar refractivity (Wildman–Crippen MR) is 164 cm³/mol. The number of hydrogen-bond acceptors (Lipinski definition) is 5. The summed E-state index contributed by atoms with van der Waals surface area (Å²) in [6, 6.07) is 30.9. The molecule has 5 heteroatoms. The van der Waals surface area contributed by atoms with Gasteiger partial charge in [-0.3, -0.25) is 0 Å². The summed E-state index contributed by atoms with van der Waals surface area (Å²) in [5.41, 5.74) is 4.35. The number of pyridine rings is 1. The highest BCUT2D eigenvalue weighted by atomic mass is 16.5. The minimum absolute atomic E-state index is 0.0573. The zero-order valence-electron chi connectivity index (χ0n) is 24.0. The van der Waals surface area contributed by atoms with Gasteiger partial charge < -0.3 is 19.5 Å². The van der Waals surface area contributed by atoms with E-state index in [0.29, 0.717) is 11.5 Å². The van der Waals surface area contributed by atoms with Crippen LogP contribution in [0.15, 0.2) is 97.2 Å². The van der Waals surface area contributed by atoms with Gasteiger partial charge in [-0.15, -0.1) is 0 Å². The van der Waals surface area contributed by atoms with Gasteiger partial charge in [0.25, 0.3) is 0 Å². The Morgan fingerprint density at radius 1 is 0.725 bits per heavy atom. The van der Waals surface area contributed by atoms with Crippen LogP contribution in [0.3, 0.4) is 0 Å². The van der Waals surface area contributed by atoms with Crippen molar-refractivity contribution < 1.29 is 14.2 Å². The molecule has 0 saturated carbocycles. The number of nitrogens with one attached hydrogen (secondary N) is 1. The molecule has 40 heavy (non-hydrogen) atoms. The molecule has 0 fully saturated rings. The van der Waals surface area contributed by atoms with E-state index in [1.807, 2.05) is 48.5 Å². The number of rotatable bonds is 8. The number of ether oxygens (including phenoxy) is 3. The van der Waals surface area contributed by atoms with Crippen LogP contribution in [0.2, 0.25) is 0 Å². The monoisotopic (exact) mass is 532 g/mol. The molecule has 1 aromatic heterocycles. The van der Waals surface area contributed by atoms with E-state index in [4.69, 9.17) is 14.2 Å². The van der Waals surface area contributed by atoms with Gasteiger partial charge in [-0.1, -0.05) is 75.4 Å². The van der Waals surface area contributed by atoms with E-state index in [-0.39, 0.29) is 11.5 Å². The molecule has 1 heterocycles. The number of methoxy groups -OCH3 is 2. The molecule has 1 unspecified atom stereocenters. The zero-order chi connectivity index (χ0) is 28.3. The Balaban J connectivity index is 1.53. The van der Waals surface area contributed by atoms with Crippen LogP contribution in [0.25, 0.3) is 21.9 Å². The molecule has 5 nitrogen and oxygen atoms in total. The lowest BCUT2D eigenvalue weighted by Crippen LogP contribution is -2.12. The van der Waals surface area contributed by atoms with Gasteiger partial charge in [-0.2, -0.15) is 0 Å². The smallest absolute Gasteiger partial charge is 0.168 e. The summed E-state index contributed by atoms with van der Waals surface area (Å²) >= 11 is 0. The highest BCUT2D eigenvalue weighted by molar-refractivity contribution is 6.01. The zero-order valence-corrected chi connectivity index (χ0v) is 24.0. The van der Waals surface area contributed by atoms with E-state index in [2.05, 4.69) is 80.5 Å². The van der Waals surface area contributed by atoms with Crippen molar-refractivity contribution in [1.82, 2.24) is 4.98 Å². The second-order valence-electron chi connectivity index (χ2n) is 10.9. The third-order valence-corrected chi connectivity index (χ3v) is 7.14. The molecule has 0 aliphatic heterocycles. The molecule has 0 saturated heterocycles. The Kier molecular flexibility index (Phi) is 7.65. The van der Waals surface area contributed by atoms with Crippen molar-refractivity contribution in [3.05, 3.63) is 108 Å². The van der Waals surface area contributed by atoms with Crippen molar-refractivity contribution >= 4 is 16.6 Å². The molecule has 0 spiro atoms. The van der Waals surface area contributed by atoms with Gasteiger partial charge in [-0.25, -0.2) is 4.98 Å². The maximum atomic E-state index is 6.45. The molecule has 0 amide bonds. The van der Waals surface area contributed by atoms with Crippen LogP contribution in [-0.2, 0) is 5.41 Å². The first-order valence-corrected chi connectivity index (χ1v) is 13.5. The molecule has 204 valence electrons. The van der Waals surface area contributed by atoms with E-state index in [1.54, 1.807) is 20.4 Å². The number of nitrogens with zero attached hydrogens (tertiary/aromatic N) is 1.